The molecule has 0 fully saturated rings. The summed E-state index contributed by atoms with van der Waals surface area (Å²) in [6, 6.07) is 2.80. The molecule has 0 unspecified atom stereocenters. The highest BCUT2D eigenvalue weighted by Gasteiger charge is 2.28. The molecule has 1 aromatic rings. The van der Waals surface area contributed by atoms with Gasteiger partial charge in [0.15, 0.2) is 0 Å². The van der Waals surface area contributed by atoms with Crippen LogP contribution in [0.5, 0.6) is 11.5 Å². The molecule has 114 valence electrons. The Kier molecular flexibility index (Phi) is 4.88. The van der Waals surface area contributed by atoms with Crippen molar-refractivity contribution in [2.24, 2.45) is 0 Å². The Balaban J connectivity index is 3.35. The summed E-state index contributed by atoms with van der Waals surface area (Å²) < 4.78 is 37.7. The SMILES string of the molecule is CCC(C)(C)NS(=O)(=O)c1cc(N)c(OC)cc1OC. The molecule has 20 heavy (non-hydrogen) atoms. The van der Waals surface area contributed by atoms with E-state index in [1.807, 2.05) is 20.8 Å². The molecule has 0 saturated heterocycles. The summed E-state index contributed by atoms with van der Waals surface area (Å²) in [7, 11) is -0.877. The summed E-state index contributed by atoms with van der Waals surface area (Å²) in [5, 5.41) is 0. The van der Waals surface area contributed by atoms with Crippen LogP contribution in [0, 0.1) is 0 Å². The molecular weight excluding hydrogens is 280 g/mol. The van der Waals surface area contributed by atoms with E-state index in [1.165, 1.54) is 26.4 Å². The van der Waals surface area contributed by atoms with E-state index in [1.54, 1.807) is 0 Å². The molecule has 7 heteroatoms. The maximum atomic E-state index is 12.5. The predicted molar refractivity (Wildman–Crippen MR) is 78.6 cm³/mol. The van der Waals surface area contributed by atoms with Crippen LogP contribution in [0.1, 0.15) is 27.2 Å². The Labute approximate surface area is 120 Å². The fourth-order valence-electron chi connectivity index (χ4n) is 1.59. The summed E-state index contributed by atoms with van der Waals surface area (Å²) in [6.07, 6.45) is 0.653. The van der Waals surface area contributed by atoms with Crippen molar-refractivity contribution in [1.29, 1.82) is 0 Å². The topological polar surface area (TPSA) is 90.7 Å². The fourth-order valence-corrected chi connectivity index (χ4v) is 3.27. The van der Waals surface area contributed by atoms with Crippen molar-refractivity contribution in [2.75, 3.05) is 20.0 Å². The van der Waals surface area contributed by atoms with Crippen molar-refractivity contribution in [3.63, 3.8) is 0 Å². The van der Waals surface area contributed by atoms with E-state index >= 15 is 0 Å². The van der Waals surface area contributed by atoms with Crippen molar-refractivity contribution in [2.45, 2.75) is 37.6 Å². The second-order valence-corrected chi connectivity index (χ2v) is 6.74. The van der Waals surface area contributed by atoms with Crippen LogP contribution in [0.25, 0.3) is 0 Å². The molecule has 0 bridgehead atoms. The van der Waals surface area contributed by atoms with Gasteiger partial charge in [0.05, 0.1) is 19.9 Å². The lowest BCUT2D eigenvalue weighted by atomic mass is 10.0. The van der Waals surface area contributed by atoms with Gasteiger partial charge in [-0.1, -0.05) is 6.92 Å². The monoisotopic (exact) mass is 302 g/mol. The van der Waals surface area contributed by atoms with Gasteiger partial charge in [0.25, 0.3) is 0 Å². The number of nitrogens with one attached hydrogen (secondary N) is 1. The summed E-state index contributed by atoms with van der Waals surface area (Å²) in [5.74, 6) is 0.561. The standard InChI is InChI=1S/C13H22N2O4S/c1-6-13(2,3)15-20(16,17)12-7-9(14)10(18-4)8-11(12)19-5/h7-8,15H,6,14H2,1-5H3. The zero-order chi connectivity index (χ0) is 15.6. The van der Waals surface area contributed by atoms with Gasteiger partial charge < -0.3 is 15.2 Å². The molecule has 1 aromatic carbocycles. The maximum Gasteiger partial charge on any atom is 0.244 e. The molecule has 0 aromatic heterocycles. The van der Waals surface area contributed by atoms with E-state index in [0.29, 0.717) is 12.2 Å². The van der Waals surface area contributed by atoms with Gasteiger partial charge in [-0.05, 0) is 26.3 Å². The molecule has 0 amide bonds. The lowest BCUT2D eigenvalue weighted by Gasteiger charge is -2.25. The van der Waals surface area contributed by atoms with Crippen molar-refractivity contribution in [1.82, 2.24) is 4.72 Å². The van der Waals surface area contributed by atoms with E-state index in [2.05, 4.69) is 4.72 Å². The summed E-state index contributed by atoms with van der Waals surface area (Å²) in [5.41, 5.74) is 5.46. The number of sulfonamides is 1. The quantitative estimate of drug-likeness (QED) is 0.781. The minimum absolute atomic E-state index is 0.000162. The summed E-state index contributed by atoms with van der Waals surface area (Å²) in [4.78, 5) is -0.000162. The van der Waals surface area contributed by atoms with Crippen LogP contribution in [0.4, 0.5) is 5.69 Å². The van der Waals surface area contributed by atoms with Crippen LogP contribution in [-0.4, -0.2) is 28.2 Å². The van der Waals surface area contributed by atoms with E-state index in [-0.39, 0.29) is 16.3 Å². The van der Waals surface area contributed by atoms with Gasteiger partial charge in [-0.25, -0.2) is 13.1 Å². The normalized spacial score (nSPS) is 12.2. The molecule has 0 spiro atoms. The third kappa shape index (κ3) is 3.55. The van der Waals surface area contributed by atoms with Gasteiger partial charge in [0.2, 0.25) is 10.0 Å². The molecule has 0 saturated carbocycles. The second kappa shape index (κ2) is 5.88. The predicted octanol–water partition coefficient (Wildman–Crippen LogP) is 1.75. The van der Waals surface area contributed by atoms with Gasteiger partial charge in [0.1, 0.15) is 16.4 Å². The third-order valence-electron chi connectivity index (χ3n) is 3.10. The number of hydrogen-bond acceptors (Lipinski definition) is 5. The second-order valence-electron chi connectivity index (χ2n) is 5.09. The van der Waals surface area contributed by atoms with Crippen molar-refractivity contribution in [3.05, 3.63) is 12.1 Å². The Morgan fingerprint density at radius 2 is 1.75 bits per heavy atom. The highest BCUT2D eigenvalue weighted by atomic mass is 32.2. The average Bonchev–Trinajstić information content (AvgIpc) is 2.37. The molecule has 0 radical (unpaired) electrons. The molecule has 0 aliphatic carbocycles. The number of nitrogens with two attached hydrogens (primary N) is 1. The lowest BCUT2D eigenvalue weighted by Crippen LogP contribution is -2.42. The average molecular weight is 302 g/mol. The minimum Gasteiger partial charge on any atom is -0.495 e. The van der Waals surface area contributed by atoms with Crippen LogP contribution in [-0.2, 0) is 10.0 Å². The first kappa shape index (κ1) is 16.6. The number of anilines is 1. The third-order valence-corrected chi connectivity index (χ3v) is 4.82. The van der Waals surface area contributed by atoms with Gasteiger partial charge in [-0.2, -0.15) is 0 Å². The smallest absolute Gasteiger partial charge is 0.244 e. The van der Waals surface area contributed by atoms with E-state index in [0.717, 1.165) is 0 Å². The zero-order valence-corrected chi connectivity index (χ0v) is 13.3. The Morgan fingerprint density at radius 3 is 2.20 bits per heavy atom. The van der Waals surface area contributed by atoms with Crippen LogP contribution >= 0.6 is 0 Å². The molecule has 0 heterocycles. The first-order chi connectivity index (χ1) is 9.16. The van der Waals surface area contributed by atoms with E-state index in [4.69, 9.17) is 15.2 Å². The Morgan fingerprint density at radius 1 is 1.20 bits per heavy atom. The minimum atomic E-state index is -3.73. The molecular formula is C13H22N2O4S. The van der Waals surface area contributed by atoms with Gasteiger partial charge in [0, 0.05) is 11.6 Å². The molecule has 6 nitrogen and oxygen atoms in total. The maximum absolute atomic E-state index is 12.5. The highest BCUT2D eigenvalue weighted by Crippen LogP contribution is 2.34. The van der Waals surface area contributed by atoms with Crippen LogP contribution in [0.3, 0.4) is 0 Å². The number of ether oxygens (including phenoxy) is 2. The van der Waals surface area contributed by atoms with Crippen LogP contribution in [0.15, 0.2) is 17.0 Å². The molecule has 1 rings (SSSR count). The number of methoxy groups -OCH3 is 2. The molecule has 0 atom stereocenters. The highest BCUT2D eigenvalue weighted by molar-refractivity contribution is 7.89. The Hall–Kier alpha value is -1.47. The fraction of sp³-hybridized carbons (Fsp3) is 0.538. The Bertz CT molecular complexity index is 582. The van der Waals surface area contributed by atoms with Crippen molar-refractivity contribution >= 4 is 15.7 Å². The summed E-state index contributed by atoms with van der Waals surface area (Å²) >= 11 is 0. The van der Waals surface area contributed by atoms with E-state index < -0.39 is 15.6 Å². The van der Waals surface area contributed by atoms with Crippen LogP contribution in [0.2, 0.25) is 0 Å². The van der Waals surface area contributed by atoms with Crippen LogP contribution < -0.4 is 19.9 Å². The van der Waals surface area contributed by atoms with Gasteiger partial charge >= 0.3 is 0 Å². The zero-order valence-electron chi connectivity index (χ0n) is 12.5. The lowest BCUT2D eigenvalue weighted by molar-refractivity contribution is 0.385. The largest absolute Gasteiger partial charge is 0.495 e. The first-order valence-corrected chi connectivity index (χ1v) is 7.70. The van der Waals surface area contributed by atoms with Crippen molar-refractivity contribution in [3.8, 4) is 11.5 Å². The first-order valence-electron chi connectivity index (χ1n) is 6.22. The molecule has 0 aliphatic heterocycles. The van der Waals surface area contributed by atoms with Gasteiger partial charge in [-0.3, -0.25) is 0 Å². The van der Waals surface area contributed by atoms with E-state index in [9.17, 15) is 8.42 Å². The number of hydrogen-bond donors (Lipinski definition) is 2. The molecule has 0 aliphatic rings. The number of rotatable bonds is 6. The molecule has 3 N–H and O–H groups in total. The number of benzene rings is 1. The van der Waals surface area contributed by atoms with Crippen molar-refractivity contribution < 1.29 is 17.9 Å². The number of nitrogen functional groups attached to an aromatic ring is 1. The van der Waals surface area contributed by atoms with Gasteiger partial charge in [-0.15, -0.1) is 0 Å². The summed E-state index contributed by atoms with van der Waals surface area (Å²) in [6.45, 7) is 5.52.